The van der Waals surface area contributed by atoms with E-state index in [0.29, 0.717) is 5.56 Å². The van der Waals surface area contributed by atoms with E-state index in [0.717, 1.165) is 19.5 Å². The van der Waals surface area contributed by atoms with Crippen molar-refractivity contribution in [1.82, 2.24) is 0 Å². The molecule has 1 rings (SSSR count). The Morgan fingerprint density at radius 3 is 2.18 bits per heavy atom. The van der Waals surface area contributed by atoms with Crippen LogP contribution in [0, 0.1) is 0 Å². The molecule has 0 atom stereocenters. The third kappa shape index (κ3) is 18.9. The molecule has 0 amide bonds. The Hall–Kier alpha value is -1.13. The van der Waals surface area contributed by atoms with Gasteiger partial charge < -0.3 is 20.8 Å². The molecule has 0 aliphatic heterocycles. The number of para-hydroxylation sites is 1. The number of isothiocyanates is 2. The van der Waals surface area contributed by atoms with Crippen LogP contribution in [0.4, 0.5) is 0 Å². The van der Waals surface area contributed by atoms with Crippen LogP contribution >= 0.6 is 24.4 Å². The van der Waals surface area contributed by atoms with Crippen LogP contribution in [-0.4, -0.2) is 43.7 Å². The molecule has 22 heavy (non-hydrogen) atoms. The maximum absolute atomic E-state index is 11.3. The van der Waals surface area contributed by atoms with Crippen molar-refractivity contribution in [2.75, 3.05) is 27.2 Å². The van der Waals surface area contributed by atoms with E-state index in [-0.39, 0.29) is 25.2 Å². The fourth-order valence-corrected chi connectivity index (χ4v) is 1.27. The summed E-state index contributed by atoms with van der Waals surface area (Å²) in [5.41, 5.74) is 0.676. The molecule has 0 spiro atoms. The van der Waals surface area contributed by atoms with Gasteiger partial charge >= 0.3 is 19.5 Å². The van der Waals surface area contributed by atoms with Gasteiger partial charge in [-0.15, -0.1) is 5.75 Å². The van der Waals surface area contributed by atoms with Gasteiger partial charge in [0, 0.05) is 19.2 Å². The smallest absolute Gasteiger partial charge is 0.872 e. The summed E-state index contributed by atoms with van der Waals surface area (Å²) in [6.07, 6.45) is 2.73. The molecule has 0 fully saturated rings. The maximum atomic E-state index is 11.3. The number of nitrogens with one attached hydrogen (secondary N) is 1. The van der Waals surface area contributed by atoms with Gasteiger partial charge in [0.05, 0.1) is 20.6 Å². The molecule has 0 aliphatic rings. The molecule has 0 heterocycles. The molecule has 1 N–H and O–H groups in total. The molecule has 0 unspecified atom stereocenters. The van der Waals surface area contributed by atoms with Gasteiger partial charge in [-0.1, -0.05) is 48.7 Å². The number of hydrogen-bond acceptors (Lipinski definition) is 4. The van der Waals surface area contributed by atoms with Crippen LogP contribution < -0.4 is 10.0 Å². The minimum atomic E-state index is 0. The summed E-state index contributed by atoms with van der Waals surface area (Å²) >= 11 is 7.40. The molecule has 0 aliphatic carbocycles. The minimum Gasteiger partial charge on any atom is -0.872 e. The van der Waals surface area contributed by atoms with Crippen molar-refractivity contribution >= 4 is 41.0 Å². The first-order valence-corrected chi connectivity index (χ1v) is 6.92. The van der Waals surface area contributed by atoms with E-state index in [4.69, 9.17) is 10.8 Å². The third-order valence-electron chi connectivity index (χ3n) is 2.11. The molecule has 0 saturated heterocycles. The standard InChI is InChI=1S/C12H18N2O.2CNS.Zn/c1-14(2)9-5-8-13-10-11-6-3-4-7-12(11)15;2*2-1-3;/h3-4,6-7,10,15H,5,8-9H2,1-2H3;;;/q;2*-1;+2. The number of benzene rings is 1. The van der Waals surface area contributed by atoms with Gasteiger partial charge in [-0.25, -0.2) is 0 Å². The number of hydrogen-bond donors (Lipinski definition) is 1. The number of nitrogens with zero attached hydrogens (tertiary/aromatic N) is 3. The van der Waals surface area contributed by atoms with E-state index in [1.165, 1.54) is 15.2 Å². The van der Waals surface area contributed by atoms with E-state index in [9.17, 15) is 5.11 Å². The minimum absolute atomic E-state index is 0. The molecule has 1 aromatic rings. The van der Waals surface area contributed by atoms with Gasteiger partial charge in [0.25, 0.3) is 0 Å². The first kappa shape index (κ1) is 25.8. The molecule has 1 aromatic carbocycles. The number of quaternary nitrogens is 1. The van der Waals surface area contributed by atoms with E-state index in [1.807, 2.05) is 6.07 Å². The Bertz CT molecular complexity index is 471. The average Bonchev–Trinajstić information content (AvgIpc) is 2.42. The van der Waals surface area contributed by atoms with Crippen LogP contribution in [0.1, 0.15) is 12.0 Å². The maximum Gasteiger partial charge on any atom is 2.00 e. The van der Waals surface area contributed by atoms with Crippen LogP contribution in [0.25, 0.3) is 10.8 Å². The molecule has 5 nitrogen and oxygen atoms in total. The summed E-state index contributed by atoms with van der Waals surface area (Å²) in [6, 6.07) is 6.95. The second-order valence-corrected chi connectivity index (χ2v) is 4.43. The zero-order chi connectivity index (χ0) is 16.5. The van der Waals surface area contributed by atoms with E-state index in [1.54, 1.807) is 24.4 Å². The van der Waals surface area contributed by atoms with Crippen molar-refractivity contribution in [3.63, 3.8) is 0 Å². The van der Waals surface area contributed by atoms with Crippen LogP contribution in [0.15, 0.2) is 29.3 Å². The van der Waals surface area contributed by atoms with E-state index in [2.05, 4.69) is 43.5 Å². The first-order valence-electron chi connectivity index (χ1n) is 6.10. The SMILES string of the molecule is C[NH+](C)CCCN=Cc1ccccc1[O-].[N-]=C=S.[N-]=C=S.[Zn+2]. The van der Waals surface area contributed by atoms with Crippen molar-refractivity contribution < 1.29 is 29.5 Å². The zero-order valence-corrected chi connectivity index (χ0v) is 17.4. The monoisotopic (exact) mass is 386 g/mol. The molecule has 0 bridgehead atoms. The predicted molar refractivity (Wildman–Crippen MR) is 92.6 cm³/mol. The Labute approximate surface area is 155 Å². The second-order valence-electron chi connectivity index (χ2n) is 4.07. The molecule has 0 radical (unpaired) electrons. The second kappa shape index (κ2) is 19.9. The topological polar surface area (TPSA) is 84.5 Å². The summed E-state index contributed by atoms with van der Waals surface area (Å²) < 4.78 is 0. The fraction of sp³-hybridized carbons (Fsp3) is 0.357. The van der Waals surface area contributed by atoms with Crippen LogP contribution in [0.2, 0.25) is 0 Å². The van der Waals surface area contributed by atoms with Crippen molar-refractivity contribution in [2.24, 2.45) is 4.99 Å². The van der Waals surface area contributed by atoms with E-state index >= 15 is 0 Å². The fourth-order valence-electron chi connectivity index (χ4n) is 1.27. The molecule has 8 heteroatoms. The first-order chi connectivity index (χ1) is 10.0. The van der Waals surface area contributed by atoms with Crippen LogP contribution in [0.5, 0.6) is 5.75 Å². The van der Waals surface area contributed by atoms with Crippen LogP contribution in [0.3, 0.4) is 0 Å². The summed E-state index contributed by atoms with van der Waals surface area (Å²) in [7, 11) is 4.24. The van der Waals surface area contributed by atoms with Crippen LogP contribution in [-0.2, 0) is 19.5 Å². The molecule has 0 aromatic heterocycles. The van der Waals surface area contributed by atoms with Crippen molar-refractivity contribution in [3.05, 3.63) is 40.6 Å². The van der Waals surface area contributed by atoms with Crippen molar-refractivity contribution in [2.45, 2.75) is 6.42 Å². The Balaban J connectivity index is -0.000000447. The van der Waals surface area contributed by atoms with Gasteiger partial charge in [0.15, 0.2) is 0 Å². The Morgan fingerprint density at radius 1 is 1.23 bits per heavy atom. The molecule has 114 valence electrons. The predicted octanol–water partition coefficient (Wildman–Crippen LogP) is 1.03. The normalized spacial score (nSPS) is 8.50. The van der Waals surface area contributed by atoms with Gasteiger partial charge in [-0.3, -0.25) is 4.99 Å². The summed E-state index contributed by atoms with van der Waals surface area (Å²) in [6.45, 7) is 1.90. The Kier molecular flexibility index (Phi) is 23.3. The van der Waals surface area contributed by atoms with Gasteiger partial charge in [0.1, 0.15) is 0 Å². The molecular weight excluding hydrogens is 370 g/mol. The van der Waals surface area contributed by atoms with Crippen molar-refractivity contribution in [1.29, 1.82) is 0 Å². The quantitative estimate of drug-likeness (QED) is 0.354. The zero-order valence-electron chi connectivity index (χ0n) is 12.8. The van der Waals surface area contributed by atoms with Gasteiger partial charge in [-0.05, 0) is 5.56 Å². The van der Waals surface area contributed by atoms with E-state index < -0.39 is 0 Å². The molecular formula is C14H18N4OS2Zn. The summed E-state index contributed by atoms with van der Waals surface area (Å²) in [5, 5.41) is 28.2. The number of thiocarbonyl (C=S) groups is 2. The average molecular weight is 388 g/mol. The molecule has 0 saturated carbocycles. The number of aliphatic imine (C=N–C) groups is 1. The van der Waals surface area contributed by atoms with Gasteiger partial charge in [-0.2, -0.15) is 10.3 Å². The largest absolute Gasteiger partial charge is 2.00 e. The van der Waals surface area contributed by atoms with Crippen molar-refractivity contribution in [3.8, 4) is 5.75 Å². The number of rotatable bonds is 5. The van der Waals surface area contributed by atoms with Gasteiger partial charge in [0.2, 0.25) is 0 Å². The third-order valence-corrected chi connectivity index (χ3v) is 2.11. The summed E-state index contributed by atoms with van der Waals surface area (Å²) in [5.74, 6) is 0.0412. The summed E-state index contributed by atoms with van der Waals surface area (Å²) in [4.78, 5) is 5.66. The Morgan fingerprint density at radius 2 is 1.73 bits per heavy atom.